The Kier molecular flexibility index (Phi) is 7.39. The minimum atomic E-state index is -1.37. The van der Waals surface area contributed by atoms with Crippen LogP contribution >= 0.6 is 11.8 Å². The average molecular weight is 469 g/mol. The number of carbonyl (C=O) groups is 4. The van der Waals surface area contributed by atoms with Crippen LogP contribution in [0.25, 0.3) is 6.08 Å². The zero-order valence-electron chi connectivity index (χ0n) is 18.1. The fraction of sp³-hybridized carbons (Fsp3) is 0.217. The summed E-state index contributed by atoms with van der Waals surface area (Å²) in [5.74, 6) is -2.02. The van der Waals surface area contributed by atoms with Crippen LogP contribution in [0.4, 0.5) is 10.5 Å². The van der Waals surface area contributed by atoms with E-state index in [1.165, 1.54) is 32.2 Å². The maximum absolute atomic E-state index is 12.7. The zero-order valence-corrected chi connectivity index (χ0v) is 18.9. The number of anilines is 1. The molecule has 9 nitrogen and oxygen atoms in total. The van der Waals surface area contributed by atoms with Gasteiger partial charge in [0.05, 0.1) is 18.0 Å². The standard InChI is InChI=1S/C23H22N2O7S/c1-13-4-7-16(8-5-13)24-20(26)12-25-21(27)19(33-23(25)30)11-15-6-9-17(18(10-15)31-3)32-14(2)22(28)29/h4-11,14H,12H2,1-3H3,(H,24,26)(H,28,29)/p-1/b19-11+/t14-/m0/s1. The number of thioether (sulfide) groups is 1. The first-order valence-electron chi connectivity index (χ1n) is 9.85. The predicted molar refractivity (Wildman–Crippen MR) is 121 cm³/mol. The van der Waals surface area contributed by atoms with Gasteiger partial charge in [-0.15, -0.1) is 0 Å². The molecule has 1 atom stereocenters. The van der Waals surface area contributed by atoms with E-state index in [1.54, 1.807) is 18.2 Å². The van der Waals surface area contributed by atoms with Gasteiger partial charge in [0.25, 0.3) is 11.1 Å². The molecule has 0 spiro atoms. The fourth-order valence-electron chi connectivity index (χ4n) is 2.88. The van der Waals surface area contributed by atoms with Crippen molar-refractivity contribution in [2.24, 2.45) is 0 Å². The number of aliphatic carboxylic acids is 1. The number of nitrogens with zero attached hydrogens (tertiary/aromatic N) is 1. The zero-order chi connectivity index (χ0) is 24.1. The van der Waals surface area contributed by atoms with Crippen LogP contribution in [0.15, 0.2) is 47.4 Å². The van der Waals surface area contributed by atoms with Crippen molar-refractivity contribution >= 4 is 46.5 Å². The number of amides is 3. The third kappa shape index (κ3) is 5.92. The summed E-state index contributed by atoms with van der Waals surface area (Å²) in [4.78, 5) is 49.2. The van der Waals surface area contributed by atoms with E-state index in [9.17, 15) is 24.3 Å². The molecule has 1 fully saturated rings. The number of rotatable bonds is 8. The van der Waals surface area contributed by atoms with Crippen molar-refractivity contribution in [3.63, 3.8) is 0 Å². The quantitative estimate of drug-likeness (QED) is 0.584. The highest BCUT2D eigenvalue weighted by Crippen LogP contribution is 2.34. The van der Waals surface area contributed by atoms with Crippen molar-refractivity contribution < 1.29 is 33.8 Å². The van der Waals surface area contributed by atoms with Gasteiger partial charge in [0.1, 0.15) is 12.6 Å². The number of aryl methyl sites for hydroxylation is 1. The van der Waals surface area contributed by atoms with Gasteiger partial charge in [-0.3, -0.25) is 19.3 Å². The Balaban J connectivity index is 1.71. The Bertz CT molecular complexity index is 1130. The van der Waals surface area contributed by atoms with Crippen molar-refractivity contribution in [1.29, 1.82) is 0 Å². The van der Waals surface area contributed by atoms with Crippen molar-refractivity contribution in [2.75, 3.05) is 19.0 Å². The van der Waals surface area contributed by atoms with E-state index in [-0.39, 0.29) is 16.4 Å². The van der Waals surface area contributed by atoms with E-state index >= 15 is 0 Å². The van der Waals surface area contributed by atoms with E-state index in [0.717, 1.165) is 22.2 Å². The minimum absolute atomic E-state index is 0.141. The molecule has 0 aromatic heterocycles. The van der Waals surface area contributed by atoms with Gasteiger partial charge in [-0.05, 0) is 61.5 Å². The van der Waals surface area contributed by atoms with Crippen molar-refractivity contribution in [2.45, 2.75) is 20.0 Å². The highest BCUT2D eigenvalue weighted by atomic mass is 32.2. The number of nitrogens with one attached hydrogen (secondary N) is 1. The molecule has 2 aromatic carbocycles. The van der Waals surface area contributed by atoms with E-state index in [0.29, 0.717) is 11.3 Å². The molecule has 3 rings (SSSR count). The summed E-state index contributed by atoms with van der Waals surface area (Å²) < 4.78 is 10.5. The third-order valence-electron chi connectivity index (χ3n) is 4.63. The summed E-state index contributed by atoms with van der Waals surface area (Å²) in [5, 5.41) is 13.0. The van der Waals surface area contributed by atoms with Gasteiger partial charge >= 0.3 is 0 Å². The van der Waals surface area contributed by atoms with Crippen molar-refractivity contribution in [1.82, 2.24) is 4.90 Å². The van der Waals surface area contributed by atoms with Crippen LogP contribution in [-0.2, 0) is 14.4 Å². The molecule has 0 bridgehead atoms. The normalized spacial score (nSPS) is 15.5. The number of benzene rings is 2. The first-order valence-corrected chi connectivity index (χ1v) is 10.7. The Labute approximate surface area is 194 Å². The summed E-state index contributed by atoms with van der Waals surface area (Å²) in [7, 11) is 1.39. The molecule has 10 heteroatoms. The summed E-state index contributed by atoms with van der Waals surface area (Å²) in [5.41, 5.74) is 2.12. The van der Waals surface area contributed by atoms with Crippen LogP contribution in [0, 0.1) is 6.92 Å². The van der Waals surface area contributed by atoms with Gasteiger partial charge in [0, 0.05) is 5.69 Å². The minimum Gasteiger partial charge on any atom is -0.546 e. The number of hydrogen-bond acceptors (Lipinski definition) is 8. The van der Waals surface area contributed by atoms with Crippen molar-refractivity contribution in [3.05, 3.63) is 58.5 Å². The highest BCUT2D eigenvalue weighted by Gasteiger charge is 2.36. The topological polar surface area (TPSA) is 125 Å². The molecular formula is C23H21N2O7S-. The first kappa shape index (κ1) is 23.9. The van der Waals surface area contributed by atoms with Crippen LogP contribution in [0.3, 0.4) is 0 Å². The highest BCUT2D eigenvalue weighted by molar-refractivity contribution is 8.18. The Morgan fingerprint density at radius 1 is 1.15 bits per heavy atom. The van der Waals surface area contributed by atoms with Gasteiger partial charge in [0.15, 0.2) is 11.5 Å². The number of carbonyl (C=O) groups excluding carboxylic acids is 4. The second-order valence-electron chi connectivity index (χ2n) is 7.17. The Morgan fingerprint density at radius 3 is 2.48 bits per heavy atom. The van der Waals surface area contributed by atoms with E-state index in [4.69, 9.17) is 9.47 Å². The SMILES string of the molecule is COc1cc(/C=C2/SC(=O)N(CC(=O)Nc3ccc(C)cc3)C2=O)ccc1O[C@@H](C)C(=O)[O-]. The maximum atomic E-state index is 12.7. The number of carboxylic acids is 1. The van der Waals surface area contributed by atoms with Gasteiger partial charge < -0.3 is 24.7 Å². The molecule has 1 aliphatic heterocycles. The van der Waals surface area contributed by atoms with Gasteiger partial charge in [-0.1, -0.05) is 23.8 Å². The molecule has 0 radical (unpaired) electrons. The van der Waals surface area contributed by atoms with Gasteiger partial charge in [0.2, 0.25) is 5.91 Å². The summed E-state index contributed by atoms with van der Waals surface area (Å²) >= 11 is 0.720. The summed E-state index contributed by atoms with van der Waals surface area (Å²) in [6.07, 6.45) is 0.296. The lowest BCUT2D eigenvalue weighted by Crippen LogP contribution is -2.37. The Hall–Kier alpha value is -3.79. The van der Waals surface area contributed by atoms with Gasteiger partial charge in [-0.2, -0.15) is 0 Å². The largest absolute Gasteiger partial charge is 0.546 e. The average Bonchev–Trinajstić information content (AvgIpc) is 3.03. The van der Waals surface area contributed by atoms with Crippen molar-refractivity contribution in [3.8, 4) is 11.5 Å². The summed E-state index contributed by atoms with van der Waals surface area (Å²) in [6.45, 7) is 2.84. The van der Waals surface area contributed by atoms with Crippen LogP contribution in [-0.4, -0.2) is 47.7 Å². The molecule has 3 amide bonds. The molecule has 0 aliphatic carbocycles. The lowest BCUT2D eigenvalue weighted by Gasteiger charge is -2.17. The molecular weight excluding hydrogens is 448 g/mol. The molecule has 0 saturated carbocycles. The lowest BCUT2D eigenvalue weighted by atomic mass is 10.1. The van der Waals surface area contributed by atoms with E-state index in [1.807, 2.05) is 19.1 Å². The molecule has 0 unspecified atom stereocenters. The number of methoxy groups -OCH3 is 1. The smallest absolute Gasteiger partial charge is 0.294 e. The second kappa shape index (κ2) is 10.2. The van der Waals surface area contributed by atoms with Crippen LogP contribution in [0.1, 0.15) is 18.1 Å². The number of imide groups is 1. The Morgan fingerprint density at radius 2 is 1.85 bits per heavy atom. The first-order chi connectivity index (χ1) is 15.7. The maximum Gasteiger partial charge on any atom is 0.294 e. The van der Waals surface area contributed by atoms with Crippen LogP contribution in [0.5, 0.6) is 11.5 Å². The third-order valence-corrected chi connectivity index (χ3v) is 5.54. The number of ether oxygens (including phenoxy) is 2. The molecule has 2 aromatic rings. The monoisotopic (exact) mass is 469 g/mol. The van der Waals surface area contributed by atoms with Crippen LogP contribution < -0.4 is 19.9 Å². The van der Waals surface area contributed by atoms with E-state index < -0.39 is 35.7 Å². The predicted octanol–water partition coefficient (Wildman–Crippen LogP) is 2.20. The molecule has 172 valence electrons. The number of carboxylic acid groups (broad SMARTS) is 1. The van der Waals surface area contributed by atoms with E-state index in [2.05, 4.69) is 5.32 Å². The molecule has 1 saturated heterocycles. The van der Waals surface area contributed by atoms with Crippen LogP contribution in [0.2, 0.25) is 0 Å². The van der Waals surface area contributed by atoms with Gasteiger partial charge in [-0.25, -0.2) is 0 Å². The lowest BCUT2D eigenvalue weighted by molar-refractivity contribution is -0.312. The summed E-state index contributed by atoms with van der Waals surface area (Å²) in [6, 6.07) is 11.7. The molecule has 1 heterocycles. The second-order valence-corrected chi connectivity index (χ2v) is 8.16. The molecule has 33 heavy (non-hydrogen) atoms. The number of hydrogen-bond donors (Lipinski definition) is 1. The molecule has 1 aliphatic rings. The fourth-order valence-corrected chi connectivity index (χ4v) is 3.72. The molecule has 1 N–H and O–H groups in total.